The quantitative estimate of drug-likeness (QED) is 0.583. The maximum Gasteiger partial charge on any atom is 0.265 e. The minimum atomic E-state index is -0.245. The van der Waals surface area contributed by atoms with Gasteiger partial charge in [-0.15, -0.1) is 0 Å². The standard InChI is InChI=1S/C11H14N2O2/c1-2-12-11(14)8-13-15-9-10-6-4-3-5-7-10/h3-8H,2,9H2,1H3,(H,12,14). The van der Waals surface area contributed by atoms with Gasteiger partial charge in [0.05, 0.1) is 0 Å². The van der Waals surface area contributed by atoms with E-state index in [9.17, 15) is 4.79 Å². The average molecular weight is 206 g/mol. The molecule has 80 valence electrons. The third kappa shape index (κ3) is 4.81. The maximum atomic E-state index is 10.9. The number of hydrogen-bond donors (Lipinski definition) is 1. The summed E-state index contributed by atoms with van der Waals surface area (Å²) < 4.78 is 0. The van der Waals surface area contributed by atoms with E-state index in [2.05, 4.69) is 10.5 Å². The Morgan fingerprint density at radius 3 is 2.87 bits per heavy atom. The van der Waals surface area contributed by atoms with Gasteiger partial charge in [0.1, 0.15) is 12.8 Å². The lowest BCUT2D eigenvalue weighted by Crippen LogP contribution is -2.23. The summed E-state index contributed by atoms with van der Waals surface area (Å²) in [5.41, 5.74) is 1.02. The highest BCUT2D eigenvalue weighted by atomic mass is 16.6. The number of benzene rings is 1. The van der Waals surface area contributed by atoms with E-state index in [1.165, 1.54) is 0 Å². The van der Waals surface area contributed by atoms with Crippen LogP contribution >= 0.6 is 0 Å². The average Bonchev–Trinajstić information content (AvgIpc) is 2.26. The second-order valence-corrected chi connectivity index (χ2v) is 2.89. The van der Waals surface area contributed by atoms with Crippen LogP contribution in [-0.2, 0) is 16.2 Å². The summed E-state index contributed by atoms with van der Waals surface area (Å²) in [7, 11) is 0. The Morgan fingerprint density at radius 1 is 1.47 bits per heavy atom. The largest absolute Gasteiger partial charge is 0.391 e. The van der Waals surface area contributed by atoms with E-state index in [0.717, 1.165) is 11.8 Å². The molecule has 0 aliphatic carbocycles. The lowest BCUT2D eigenvalue weighted by Gasteiger charge is -1.98. The van der Waals surface area contributed by atoms with Crippen molar-refractivity contribution in [3.8, 4) is 0 Å². The van der Waals surface area contributed by atoms with Crippen LogP contribution in [0.3, 0.4) is 0 Å². The van der Waals surface area contributed by atoms with E-state index in [1.54, 1.807) is 0 Å². The molecule has 1 amide bonds. The van der Waals surface area contributed by atoms with Gasteiger partial charge in [-0.3, -0.25) is 4.79 Å². The van der Waals surface area contributed by atoms with E-state index in [1.807, 2.05) is 37.3 Å². The number of carbonyl (C=O) groups is 1. The van der Waals surface area contributed by atoms with Crippen molar-refractivity contribution in [2.24, 2.45) is 5.16 Å². The molecule has 15 heavy (non-hydrogen) atoms. The monoisotopic (exact) mass is 206 g/mol. The third-order valence-corrected chi connectivity index (χ3v) is 1.67. The van der Waals surface area contributed by atoms with Gasteiger partial charge in [0.2, 0.25) is 0 Å². The van der Waals surface area contributed by atoms with Crippen molar-refractivity contribution in [3.05, 3.63) is 35.9 Å². The van der Waals surface area contributed by atoms with E-state index >= 15 is 0 Å². The highest BCUT2D eigenvalue weighted by molar-refractivity contribution is 6.25. The molecular formula is C11H14N2O2. The minimum absolute atomic E-state index is 0.245. The van der Waals surface area contributed by atoms with Crippen molar-refractivity contribution in [2.75, 3.05) is 6.54 Å². The van der Waals surface area contributed by atoms with E-state index in [-0.39, 0.29) is 5.91 Å². The summed E-state index contributed by atoms with van der Waals surface area (Å²) in [6, 6.07) is 9.64. The fraction of sp³-hybridized carbons (Fsp3) is 0.273. The lowest BCUT2D eigenvalue weighted by atomic mass is 10.2. The highest BCUT2D eigenvalue weighted by Crippen LogP contribution is 1.99. The number of rotatable bonds is 5. The highest BCUT2D eigenvalue weighted by Gasteiger charge is 1.92. The Labute approximate surface area is 88.9 Å². The molecule has 0 aliphatic heterocycles. The number of nitrogens with one attached hydrogen (secondary N) is 1. The van der Waals surface area contributed by atoms with Crippen molar-refractivity contribution in [2.45, 2.75) is 13.5 Å². The Bertz CT molecular complexity index is 323. The fourth-order valence-electron chi connectivity index (χ4n) is 0.991. The molecule has 1 aromatic rings. The van der Waals surface area contributed by atoms with Crippen molar-refractivity contribution in [3.63, 3.8) is 0 Å². The Kier molecular flexibility index (Phi) is 4.94. The molecule has 0 unspecified atom stereocenters. The van der Waals surface area contributed by atoms with Crippen LogP contribution < -0.4 is 5.32 Å². The number of amides is 1. The van der Waals surface area contributed by atoms with Gasteiger partial charge in [-0.2, -0.15) is 0 Å². The van der Waals surface area contributed by atoms with Gasteiger partial charge < -0.3 is 10.2 Å². The van der Waals surface area contributed by atoms with Gasteiger partial charge >= 0.3 is 0 Å². The van der Waals surface area contributed by atoms with Crippen LogP contribution in [-0.4, -0.2) is 18.7 Å². The van der Waals surface area contributed by atoms with Crippen molar-refractivity contribution >= 4 is 12.1 Å². The number of oxime groups is 1. The minimum Gasteiger partial charge on any atom is -0.391 e. The van der Waals surface area contributed by atoms with Crippen LogP contribution in [0.4, 0.5) is 0 Å². The molecule has 0 aromatic heterocycles. The molecule has 0 saturated carbocycles. The first kappa shape index (κ1) is 11.2. The normalized spacial score (nSPS) is 10.2. The fourth-order valence-corrected chi connectivity index (χ4v) is 0.991. The summed E-state index contributed by atoms with van der Waals surface area (Å²) in [6.07, 6.45) is 1.13. The first-order valence-electron chi connectivity index (χ1n) is 4.80. The van der Waals surface area contributed by atoms with Crippen LogP contribution in [0.5, 0.6) is 0 Å². The molecule has 0 fully saturated rings. The molecule has 0 saturated heterocycles. The zero-order valence-electron chi connectivity index (χ0n) is 8.64. The van der Waals surface area contributed by atoms with Gasteiger partial charge in [-0.1, -0.05) is 35.5 Å². The van der Waals surface area contributed by atoms with E-state index < -0.39 is 0 Å². The molecule has 0 atom stereocenters. The second kappa shape index (κ2) is 6.59. The summed E-state index contributed by atoms with van der Waals surface area (Å²) in [4.78, 5) is 15.9. The summed E-state index contributed by atoms with van der Waals surface area (Å²) in [5.74, 6) is -0.245. The predicted octanol–water partition coefficient (Wildman–Crippen LogP) is 1.33. The van der Waals surface area contributed by atoms with Crippen LogP contribution in [0.2, 0.25) is 0 Å². The first-order chi connectivity index (χ1) is 7.33. The van der Waals surface area contributed by atoms with E-state index in [4.69, 9.17) is 4.84 Å². The molecule has 0 heterocycles. The number of nitrogens with zero attached hydrogens (tertiary/aromatic N) is 1. The third-order valence-electron chi connectivity index (χ3n) is 1.67. The van der Waals surface area contributed by atoms with Crippen molar-refractivity contribution in [1.29, 1.82) is 0 Å². The topological polar surface area (TPSA) is 50.7 Å². The van der Waals surface area contributed by atoms with E-state index in [0.29, 0.717) is 13.2 Å². The second-order valence-electron chi connectivity index (χ2n) is 2.89. The summed E-state index contributed by atoms with van der Waals surface area (Å²) >= 11 is 0. The molecule has 4 heteroatoms. The first-order valence-corrected chi connectivity index (χ1v) is 4.80. The SMILES string of the molecule is CCNC(=O)C=NOCc1ccccc1. The predicted molar refractivity (Wildman–Crippen MR) is 58.4 cm³/mol. The molecule has 0 radical (unpaired) electrons. The Morgan fingerprint density at radius 2 is 2.20 bits per heavy atom. The van der Waals surface area contributed by atoms with Gasteiger partial charge in [0, 0.05) is 6.54 Å². The van der Waals surface area contributed by atoms with Crippen LogP contribution in [0.25, 0.3) is 0 Å². The zero-order chi connectivity index (χ0) is 10.9. The van der Waals surface area contributed by atoms with Crippen LogP contribution in [0, 0.1) is 0 Å². The van der Waals surface area contributed by atoms with Crippen LogP contribution in [0.1, 0.15) is 12.5 Å². The maximum absolute atomic E-state index is 10.9. The molecule has 1 rings (SSSR count). The van der Waals surface area contributed by atoms with Crippen molar-refractivity contribution < 1.29 is 9.63 Å². The summed E-state index contributed by atoms with van der Waals surface area (Å²) in [6.45, 7) is 2.80. The van der Waals surface area contributed by atoms with Gasteiger partial charge in [-0.25, -0.2) is 0 Å². The Balaban J connectivity index is 2.24. The molecular weight excluding hydrogens is 192 g/mol. The molecule has 0 spiro atoms. The van der Waals surface area contributed by atoms with Crippen molar-refractivity contribution in [1.82, 2.24) is 5.32 Å². The molecule has 0 bridgehead atoms. The number of carbonyl (C=O) groups excluding carboxylic acids is 1. The molecule has 0 aliphatic rings. The molecule has 1 N–H and O–H groups in total. The number of hydrogen-bond acceptors (Lipinski definition) is 3. The molecule has 4 nitrogen and oxygen atoms in total. The molecule has 1 aromatic carbocycles. The summed E-state index contributed by atoms with van der Waals surface area (Å²) in [5, 5.41) is 6.12. The lowest BCUT2D eigenvalue weighted by molar-refractivity contribution is -0.114. The van der Waals surface area contributed by atoms with Crippen LogP contribution in [0.15, 0.2) is 35.5 Å². The van der Waals surface area contributed by atoms with Gasteiger partial charge in [0.25, 0.3) is 5.91 Å². The smallest absolute Gasteiger partial charge is 0.265 e. The van der Waals surface area contributed by atoms with Gasteiger partial charge in [0.15, 0.2) is 0 Å². The Hall–Kier alpha value is -1.84. The zero-order valence-corrected chi connectivity index (χ0v) is 8.64. The van der Waals surface area contributed by atoms with Gasteiger partial charge in [-0.05, 0) is 12.5 Å².